The van der Waals surface area contributed by atoms with Crippen molar-refractivity contribution < 1.29 is 0 Å². The molecule has 0 saturated heterocycles. The van der Waals surface area contributed by atoms with Crippen molar-refractivity contribution in [3.8, 4) is 0 Å². The van der Waals surface area contributed by atoms with Crippen LogP contribution in [0.5, 0.6) is 0 Å². The first-order valence-corrected chi connectivity index (χ1v) is 6.15. The molecule has 0 aromatic heterocycles. The van der Waals surface area contributed by atoms with Crippen molar-refractivity contribution in [2.24, 2.45) is 5.92 Å². The Morgan fingerprint density at radius 2 is 2.07 bits per heavy atom. The maximum absolute atomic E-state index is 5.93. The van der Waals surface area contributed by atoms with E-state index in [-0.39, 0.29) is 0 Å². The molecular formula is C12H19BrN2. The van der Waals surface area contributed by atoms with Crippen molar-refractivity contribution in [2.45, 2.75) is 33.2 Å². The highest BCUT2D eigenvalue weighted by Crippen LogP contribution is 2.25. The van der Waals surface area contributed by atoms with Crippen molar-refractivity contribution >= 4 is 27.3 Å². The molecule has 0 saturated carbocycles. The third-order valence-corrected chi connectivity index (χ3v) is 3.09. The molecule has 1 rings (SSSR count). The van der Waals surface area contributed by atoms with Gasteiger partial charge in [0.05, 0.1) is 11.4 Å². The molecule has 2 nitrogen and oxygen atoms in total. The third-order valence-electron chi connectivity index (χ3n) is 2.60. The van der Waals surface area contributed by atoms with Crippen LogP contribution in [0.25, 0.3) is 0 Å². The van der Waals surface area contributed by atoms with Crippen LogP contribution in [0.15, 0.2) is 22.7 Å². The SMILES string of the molecule is CCC(Nc1ccc(Br)cc1N)C(C)C. The number of nitrogen functional groups attached to an aromatic ring is 1. The van der Waals surface area contributed by atoms with Crippen LogP contribution in [-0.4, -0.2) is 6.04 Å². The summed E-state index contributed by atoms with van der Waals surface area (Å²) in [6.45, 7) is 6.62. The van der Waals surface area contributed by atoms with Crippen LogP contribution in [0.4, 0.5) is 11.4 Å². The van der Waals surface area contributed by atoms with Gasteiger partial charge in [0, 0.05) is 10.5 Å². The molecule has 0 aliphatic heterocycles. The van der Waals surface area contributed by atoms with Crippen LogP contribution in [-0.2, 0) is 0 Å². The first-order chi connectivity index (χ1) is 7.04. The quantitative estimate of drug-likeness (QED) is 0.815. The maximum atomic E-state index is 5.93. The van der Waals surface area contributed by atoms with Crippen LogP contribution < -0.4 is 11.1 Å². The zero-order chi connectivity index (χ0) is 11.4. The van der Waals surface area contributed by atoms with Gasteiger partial charge in [-0.25, -0.2) is 0 Å². The van der Waals surface area contributed by atoms with Crippen LogP contribution in [0, 0.1) is 5.92 Å². The summed E-state index contributed by atoms with van der Waals surface area (Å²) in [6.07, 6.45) is 1.10. The van der Waals surface area contributed by atoms with E-state index in [1.807, 2.05) is 18.2 Å². The number of nitrogens with one attached hydrogen (secondary N) is 1. The predicted molar refractivity (Wildman–Crippen MR) is 71.1 cm³/mol. The Hall–Kier alpha value is -0.700. The van der Waals surface area contributed by atoms with E-state index < -0.39 is 0 Å². The van der Waals surface area contributed by atoms with Crippen molar-refractivity contribution in [3.63, 3.8) is 0 Å². The number of nitrogens with two attached hydrogens (primary N) is 1. The standard InChI is InChI=1S/C12H19BrN2/c1-4-11(8(2)3)15-12-6-5-9(13)7-10(12)14/h5-8,11,15H,4,14H2,1-3H3. The van der Waals surface area contributed by atoms with Crippen molar-refractivity contribution in [1.82, 2.24) is 0 Å². The Morgan fingerprint density at radius 3 is 2.53 bits per heavy atom. The zero-order valence-electron chi connectivity index (χ0n) is 9.55. The first kappa shape index (κ1) is 12.4. The highest BCUT2D eigenvalue weighted by molar-refractivity contribution is 9.10. The van der Waals surface area contributed by atoms with E-state index in [0.717, 1.165) is 22.3 Å². The lowest BCUT2D eigenvalue weighted by Crippen LogP contribution is -2.25. The minimum absolute atomic E-state index is 0.480. The van der Waals surface area contributed by atoms with Gasteiger partial charge in [-0.1, -0.05) is 36.7 Å². The average molecular weight is 271 g/mol. The molecule has 0 radical (unpaired) electrons. The molecular weight excluding hydrogens is 252 g/mol. The van der Waals surface area contributed by atoms with Gasteiger partial charge in [-0.2, -0.15) is 0 Å². The van der Waals surface area contributed by atoms with Crippen molar-refractivity contribution in [1.29, 1.82) is 0 Å². The number of anilines is 2. The number of benzene rings is 1. The van der Waals surface area contributed by atoms with E-state index in [4.69, 9.17) is 5.73 Å². The topological polar surface area (TPSA) is 38.0 Å². The molecule has 15 heavy (non-hydrogen) atoms. The first-order valence-electron chi connectivity index (χ1n) is 5.36. The van der Waals surface area contributed by atoms with Gasteiger partial charge in [-0.05, 0) is 30.5 Å². The molecule has 0 bridgehead atoms. The van der Waals surface area contributed by atoms with E-state index >= 15 is 0 Å². The largest absolute Gasteiger partial charge is 0.397 e. The minimum Gasteiger partial charge on any atom is -0.397 e. The second kappa shape index (κ2) is 5.40. The van der Waals surface area contributed by atoms with Crippen molar-refractivity contribution in [2.75, 3.05) is 11.1 Å². The van der Waals surface area contributed by atoms with Crippen LogP contribution in [0.3, 0.4) is 0 Å². The van der Waals surface area contributed by atoms with E-state index in [9.17, 15) is 0 Å². The summed E-state index contributed by atoms with van der Waals surface area (Å²) >= 11 is 3.40. The van der Waals surface area contributed by atoms with Crippen LogP contribution in [0.1, 0.15) is 27.2 Å². The molecule has 1 unspecified atom stereocenters. The fraction of sp³-hybridized carbons (Fsp3) is 0.500. The average Bonchev–Trinajstić information content (AvgIpc) is 2.16. The second-order valence-electron chi connectivity index (χ2n) is 4.13. The van der Waals surface area contributed by atoms with E-state index in [2.05, 4.69) is 42.0 Å². The molecule has 1 atom stereocenters. The van der Waals surface area contributed by atoms with Gasteiger partial charge in [-0.15, -0.1) is 0 Å². The molecule has 0 aliphatic rings. The molecule has 1 aromatic carbocycles. The number of hydrogen-bond acceptors (Lipinski definition) is 2. The second-order valence-corrected chi connectivity index (χ2v) is 5.05. The lowest BCUT2D eigenvalue weighted by molar-refractivity contribution is 0.511. The Labute approximate surface area is 100 Å². The molecule has 3 N–H and O–H groups in total. The Balaban J connectivity index is 2.79. The van der Waals surface area contributed by atoms with E-state index in [1.165, 1.54) is 0 Å². The molecule has 3 heteroatoms. The van der Waals surface area contributed by atoms with E-state index in [0.29, 0.717) is 12.0 Å². The van der Waals surface area contributed by atoms with Crippen LogP contribution >= 0.6 is 15.9 Å². The fourth-order valence-electron chi connectivity index (χ4n) is 1.60. The smallest absolute Gasteiger partial charge is 0.0576 e. The monoisotopic (exact) mass is 270 g/mol. The molecule has 0 heterocycles. The molecule has 0 fully saturated rings. The predicted octanol–water partition coefficient (Wildman–Crippen LogP) is 3.88. The summed E-state index contributed by atoms with van der Waals surface area (Å²) in [5, 5.41) is 3.48. The highest BCUT2D eigenvalue weighted by atomic mass is 79.9. The van der Waals surface area contributed by atoms with Gasteiger partial charge in [0.1, 0.15) is 0 Å². The normalized spacial score (nSPS) is 12.9. The Kier molecular flexibility index (Phi) is 4.45. The summed E-state index contributed by atoms with van der Waals surface area (Å²) < 4.78 is 1.02. The summed E-state index contributed by atoms with van der Waals surface area (Å²) in [4.78, 5) is 0. The lowest BCUT2D eigenvalue weighted by Gasteiger charge is -2.23. The maximum Gasteiger partial charge on any atom is 0.0576 e. The van der Waals surface area contributed by atoms with Gasteiger partial charge in [0.15, 0.2) is 0 Å². The highest BCUT2D eigenvalue weighted by Gasteiger charge is 2.11. The zero-order valence-corrected chi connectivity index (χ0v) is 11.1. The summed E-state index contributed by atoms with van der Waals surface area (Å²) in [7, 11) is 0. The fourth-order valence-corrected chi connectivity index (χ4v) is 1.98. The summed E-state index contributed by atoms with van der Waals surface area (Å²) in [6, 6.07) is 6.43. The molecule has 0 spiro atoms. The number of rotatable bonds is 4. The van der Waals surface area contributed by atoms with Gasteiger partial charge in [0.25, 0.3) is 0 Å². The molecule has 0 amide bonds. The summed E-state index contributed by atoms with van der Waals surface area (Å²) in [5.41, 5.74) is 7.75. The van der Waals surface area contributed by atoms with Gasteiger partial charge in [-0.3, -0.25) is 0 Å². The number of halogens is 1. The van der Waals surface area contributed by atoms with Gasteiger partial charge >= 0.3 is 0 Å². The van der Waals surface area contributed by atoms with Crippen LogP contribution in [0.2, 0.25) is 0 Å². The molecule has 1 aromatic rings. The molecule has 0 aliphatic carbocycles. The minimum atomic E-state index is 0.480. The Bertz CT molecular complexity index is 323. The van der Waals surface area contributed by atoms with Crippen molar-refractivity contribution in [3.05, 3.63) is 22.7 Å². The van der Waals surface area contributed by atoms with Gasteiger partial charge in [0.2, 0.25) is 0 Å². The summed E-state index contributed by atoms with van der Waals surface area (Å²) in [5.74, 6) is 0.609. The Morgan fingerprint density at radius 1 is 1.40 bits per heavy atom. The molecule has 84 valence electrons. The lowest BCUT2D eigenvalue weighted by atomic mass is 10.0. The third kappa shape index (κ3) is 3.42. The van der Waals surface area contributed by atoms with Gasteiger partial charge < -0.3 is 11.1 Å². The van der Waals surface area contributed by atoms with E-state index in [1.54, 1.807) is 0 Å². The number of hydrogen-bond donors (Lipinski definition) is 2.